The number of nitrogens with zero attached hydrogens (tertiary/aromatic N) is 2. The molecule has 1 fully saturated rings. The smallest absolute Gasteiger partial charge is 0.307 e. The maximum Gasteiger partial charge on any atom is 0.307 e. The van der Waals surface area contributed by atoms with Gasteiger partial charge in [-0.2, -0.15) is 0 Å². The third kappa shape index (κ3) is 4.22. The molecule has 3 rings (SSSR count). The molecule has 0 aliphatic carbocycles. The predicted molar refractivity (Wildman–Crippen MR) is 90.8 cm³/mol. The van der Waals surface area contributed by atoms with E-state index in [4.69, 9.17) is 14.6 Å². The minimum atomic E-state index is -0.784. The average Bonchev–Trinajstić information content (AvgIpc) is 3.08. The molecule has 2 heterocycles. The Labute approximate surface area is 147 Å². The summed E-state index contributed by atoms with van der Waals surface area (Å²) in [6.07, 6.45) is 0.398. The van der Waals surface area contributed by atoms with Crippen molar-refractivity contribution in [3.63, 3.8) is 0 Å². The average molecular weight is 348 g/mol. The monoisotopic (exact) mass is 348 g/mol. The summed E-state index contributed by atoms with van der Waals surface area (Å²) in [7, 11) is 0. The van der Waals surface area contributed by atoms with Gasteiger partial charge in [0.2, 0.25) is 5.91 Å². The highest BCUT2D eigenvalue weighted by Gasteiger charge is 2.31. The lowest BCUT2D eigenvalue weighted by molar-refractivity contribution is -0.141. The Kier molecular flexibility index (Phi) is 5.43. The number of carboxylic acid groups (broad SMARTS) is 1. The van der Waals surface area contributed by atoms with Crippen LogP contribution in [0.5, 0.6) is 11.5 Å². The molecule has 7 nitrogen and oxygen atoms in total. The number of benzene rings is 1. The highest BCUT2D eigenvalue weighted by molar-refractivity contribution is 5.78. The van der Waals surface area contributed by atoms with E-state index in [0.29, 0.717) is 45.0 Å². The fraction of sp³-hybridized carbons (Fsp3) is 0.556. The van der Waals surface area contributed by atoms with Crippen LogP contribution in [0.1, 0.15) is 13.3 Å². The van der Waals surface area contributed by atoms with Crippen molar-refractivity contribution in [2.75, 3.05) is 39.3 Å². The molecule has 2 atom stereocenters. The van der Waals surface area contributed by atoms with Gasteiger partial charge in [-0.3, -0.25) is 14.5 Å². The fourth-order valence-corrected chi connectivity index (χ4v) is 3.28. The quantitative estimate of drug-likeness (QED) is 0.829. The molecule has 2 aliphatic rings. The number of likely N-dealkylation sites (N-methyl/N-ethyl adjacent to an activating group) is 1. The fourth-order valence-electron chi connectivity index (χ4n) is 3.28. The van der Waals surface area contributed by atoms with Crippen molar-refractivity contribution in [3.8, 4) is 11.5 Å². The van der Waals surface area contributed by atoms with Gasteiger partial charge in [0.1, 0.15) is 6.61 Å². The minimum absolute atomic E-state index is 0.00371. The van der Waals surface area contributed by atoms with Gasteiger partial charge in [-0.15, -0.1) is 0 Å². The zero-order valence-electron chi connectivity index (χ0n) is 14.4. The molecule has 2 unspecified atom stereocenters. The molecule has 0 saturated carbocycles. The first-order valence-corrected chi connectivity index (χ1v) is 8.68. The van der Waals surface area contributed by atoms with Gasteiger partial charge in [0, 0.05) is 13.1 Å². The molecule has 1 N–H and O–H groups in total. The van der Waals surface area contributed by atoms with Gasteiger partial charge in [-0.05, 0) is 32.0 Å². The molecule has 1 aromatic rings. The van der Waals surface area contributed by atoms with Crippen LogP contribution in [0.3, 0.4) is 0 Å². The summed E-state index contributed by atoms with van der Waals surface area (Å²) in [5.74, 6) is 0.273. The summed E-state index contributed by atoms with van der Waals surface area (Å²) >= 11 is 0. The van der Waals surface area contributed by atoms with Gasteiger partial charge in [0.25, 0.3) is 0 Å². The van der Waals surface area contributed by atoms with Gasteiger partial charge in [-0.1, -0.05) is 12.1 Å². The second kappa shape index (κ2) is 7.74. The van der Waals surface area contributed by atoms with Crippen LogP contribution in [0.2, 0.25) is 0 Å². The number of ether oxygens (including phenoxy) is 2. The molecule has 1 aromatic carbocycles. The third-order valence-electron chi connectivity index (χ3n) is 4.71. The first-order valence-electron chi connectivity index (χ1n) is 8.68. The van der Waals surface area contributed by atoms with Crippen molar-refractivity contribution in [1.82, 2.24) is 9.80 Å². The number of fused-ring (bicyclic) bond motifs is 1. The number of aliphatic carboxylic acids is 1. The molecule has 0 aromatic heterocycles. The Hall–Kier alpha value is -2.28. The van der Waals surface area contributed by atoms with E-state index in [-0.39, 0.29) is 24.5 Å². The molecule has 1 amide bonds. The van der Waals surface area contributed by atoms with E-state index >= 15 is 0 Å². The van der Waals surface area contributed by atoms with Crippen LogP contribution in [0.15, 0.2) is 24.3 Å². The van der Waals surface area contributed by atoms with Crippen LogP contribution < -0.4 is 9.47 Å². The molecule has 2 aliphatic heterocycles. The number of carbonyl (C=O) groups excluding carboxylic acids is 1. The number of carboxylic acids is 1. The Balaban J connectivity index is 1.52. The highest BCUT2D eigenvalue weighted by Crippen LogP contribution is 2.31. The number of carbonyl (C=O) groups is 2. The lowest BCUT2D eigenvalue weighted by Gasteiger charge is -2.31. The highest BCUT2D eigenvalue weighted by atomic mass is 16.6. The zero-order chi connectivity index (χ0) is 17.8. The van der Waals surface area contributed by atoms with Gasteiger partial charge >= 0.3 is 5.97 Å². The molecule has 136 valence electrons. The summed E-state index contributed by atoms with van der Waals surface area (Å²) in [5.41, 5.74) is 0. The summed E-state index contributed by atoms with van der Waals surface area (Å²) in [4.78, 5) is 27.3. The molecule has 7 heteroatoms. The molecule has 0 radical (unpaired) electrons. The lowest BCUT2D eigenvalue weighted by atomic mass is 10.1. The van der Waals surface area contributed by atoms with Crippen LogP contribution in [-0.4, -0.2) is 72.2 Å². The van der Waals surface area contributed by atoms with Crippen LogP contribution in [0, 0.1) is 5.92 Å². The van der Waals surface area contributed by atoms with Crippen molar-refractivity contribution in [3.05, 3.63) is 24.3 Å². The van der Waals surface area contributed by atoms with E-state index in [1.54, 1.807) is 4.90 Å². The van der Waals surface area contributed by atoms with E-state index in [1.165, 1.54) is 0 Å². The van der Waals surface area contributed by atoms with E-state index in [0.717, 1.165) is 5.75 Å². The number of hydrogen-bond donors (Lipinski definition) is 1. The molecular formula is C18H24N2O5. The van der Waals surface area contributed by atoms with Crippen LogP contribution in [-0.2, 0) is 9.59 Å². The Bertz CT molecular complexity index is 636. The Morgan fingerprint density at radius 2 is 2.08 bits per heavy atom. The maximum atomic E-state index is 12.6. The Morgan fingerprint density at radius 1 is 1.32 bits per heavy atom. The maximum absolute atomic E-state index is 12.6. The molecule has 0 bridgehead atoms. The largest absolute Gasteiger partial charge is 0.486 e. The second-order valence-corrected chi connectivity index (χ2v) is 6.49. The minimum Gasteiger partial charge on any atom is -0.486 e. The van der Waals surface area contributed by atoms with E-state index in [9.17, 15) is 9.59 Å². The van der Waals surface area contributed by atoms with Gasteiger partial charge in [0.05, 0.1) is 19.0 Å². The third-order valence-corrected chi connectivity index (χ3v) is 4.71. The van der Waals surface area contributed by atoms with E-state index in [1.807, 2.05) is 36.1 Å². The van der Waals surface area contributed by atoms with Crippen molar-refractivity contribution in [2.45, 2.75) is 19.4 Å². The molecule has 25 heavy (non-hydrogen) atoms. The van der Waals surface area contributed by atoms with E-state index in [2.05, 4.69) is 0 Å². The lowest BCUT2D eigenvalue weighted by Crippen LogP contribution is -2.46. The normalized spacial score (nSPS) is 22.6. The summed E-state index contributed by atoms with van der Waals surface area (Å²) in [6.45, 7) is 4.72. The number of likely N-dealkylation sites (tertiary alicyclic amines) is 1. The number of amides is 1. The van der Waals surface area contributed by atoms with Crippen molar-refractivity contribution < 1.29 is 24.2 Å². The summed E-state index contributed by atoms with van der Waals surface area (Å²) in [5, 5.41) is 9.06. The van der Waals surface area contributed by atoms with E-state index < -0.39 is 5.97 Å². The topological polar surface area (TPSA) is 79.3 Å². The van der Waals surface area contributed by atoms with Crippen molar-refractivity contribution in [2.24, 2.45) is 5.92 Å². The first-order chi connectivity index (χ1) is 12.1. The predicted octanol–water partition coefficient (Wildman–Crippen LogP) is 1.08. The SMILES string of the molecule is CCN(CC1COc2ccccc2O1)C(=O)CN1CCC(C(=O)O)C1. The van der Waals surface area contributed by atoms with Gasteiger partial charge in [-0.25, -0.2) is 0 Å². The summed E-state index contributed by atoms with van der Waals surface area (Å²) in [6, 6.07) is 7.50. The zero-order valence-corrected chi connectivity index (χ0v) is 14.4. The first kappa shape index (κ1) is 17.5. The number of hydrogen-bond acceptors (Lipinski definition) is 5. The molecular weight excluding hydrogens is 324 g/mol. The van der Waals surface area contributed by atoms with Crippen LogP contribution in [0.25, 0.3) is 0 Å². The van der Waals surface area contributed by atoms with Crippen molar-refractivity contribution >= 4 is 11.9 Å². The van der Waals surface area contributed by atoms with Crippen LogP contribution in [0.4, 0.5) is 0 Å². The molecule has 1 saturated heterocycles. The second-order valence-electron chi connectivity index (χ2n) is 6.49. The summed E-state index contributed by atoms with van der Waals surface area (Å²) < 4.78 is 11.6. The number of para-hydroxylation sites is 2. The van der Waals surface area contributed by atoms with Crippen LogP contribution >= 0.6 is 0 Å². The van der Waals surface area contributed by atoms with Crippen molar-refractivity contribution in [1.29, 1.82) is 0 Å². The van der Waals surface area contributed by atoms with Gasteiger partial charge < -0.3 is 19.5 Å². The van der Waals surface area contributed by atoms with Gasteiger partial charge in [0.15, 0.2) is 17.6 Å². The standard InChI is InChI=1S/C18H24N2O5/c1-2-20(17(21)11-19-8-7-13(9-19)18(22)23)10-14-12-24-15-5-3-4-6-16(15)25-14/h3-6,13-14H,2,7-12H2,1H3,(H,22,23). The Morgan fingerprint density at radius 3 is 2.76 bits per heavy atom. The number of rotatable bonds is 6. The molecule has 0 spiro atoms.